The third kappa shape index (κ3) is 4.09. The zero-order valence-corrected chi connectivity index (χ0v) is 14.5. The van der Waals surface area contributed by atoms with Gasteiger partial charge in [-0.05, 0) is 51.2 Å². The van der Waals surface area contributed by atoms with Crippen molar-refractivity contribution in [2.75, 3.05) is 0 Å². The van der Waals surface area contributed by atoms with Crippen LogP contribution in [0.3, 0.4) is 0 Å². The lowest BCUT2D eigenvalue weighted by atomic mass is 9.87. The van der Waals surface area contributed by atoms with Crippen molar-refractivity contribution in [1.82, 2.24) is 20.2 Å². The Balaban J connectivity index is 1.61. The summed E-state index contributed by atoms with van der Waals surface area (Å²) < 4.78 is 6.90. The number of carbonyl (C=O) groups excluding carboxylic acids is 1. The summed E-state index contributed by atoms with van der Waals surface area (Å²) in [6.07, 6.45) is 1.49. The number of aromatic nitrogens is 4. The minimum atomic E-state index is -0.358. The highest BCUT2D eigenvalue weighted by atomic mass is 16.5. The normalized spacial score (nSPS) is 11.3. The Morgan fingerprint density at radius 2 is 1.72 bits per heavy atom. The number of rotatable bonds is 4. The van der Waals surface area contributed by atoms with Crippen LogP contribution in [0.5, 0.6) is 0 Å². The molecule has 1 aromatic heterocycles. The third-order valence-corrected chi connectivity index (χ3v) is 3.91. The molecule has 3 rings (SSSR count). The average Bonchev–Trinajstić information content (AvgIpc) is 3.14. The number of hydrogen-bond acceptors (Lipinski definition) is 5. The van der Waals surface area contributed by atoms with E-state index in [9.17, 15) is 4.79 Å². The van der Waals surface area contributed by atoms with Crippen LogP contribution in [-0.4, -0.2) is 26.2 Å². The second-order valence-corrected chi connectivity index (χ2v) is 6.82. The summed E-state index contributed by atoms with van der Waals surface area (Å²) in [5.74, 6) is -0.358. The molecule has 2 aromatic carbocycles. The number of nitrogens with zero attached hydrogens (tertiary/aromatic N) is 4. The third-order valence-electron chi connectivity index (χ3n) is 3.91. The maximum absolute atomic E-state index is 12.2. The summed E-state index contributed by atoms with van der Waals surface area (Å²) in [6.45, 7) is 6.75. The Labute approximate surface area is 146 Å². The van der Waals surface area contributed by atoms with Crippen LogP contribution in [0.2, 0.25) is 0 Å². The van der Waals surface area contributed by atoms with Crippen molar-refractivity contribution >= 4 is 5.97 Å². The van der Waals surface area contributed by atoms with Crippen LogP contribution in [-0.2, 0) is 16.8 Å². The van der Waals surface area contributed by atoms with Crippen molar-refractivity contribution < 1.29 is 9.53 Å². The van der Waals surface area contributed by atoms with Crippen LogP contribution in [0.25, 0.3) is 5.69 Å². The number of benzene rings is 2. The van der Waals surface area contributed by atoms with Gasteiger partial charge in [0.05, 0.1) is 11.3 Å². The molecular weight excluding hydrogens is 316 g/mol. The molecule has 3 aromatic rings. The Hall–Kier alpha value is -3.02. The van der Waals surface area contributed by atoms with Gasteiger partial charge in [0.25, 0.3) is 0 Å². The van der Waals surface area contributed by atoms with E-state index >= 15 is 0 Å². The molecule has 0 unspecified atom stereocenters. The van der Waals surface area contributed by atoms with Gasteiger partial charge in [0.2, 0.25) is 0 Å². The van der Waals surface area contributed by atoms with E-state index in [0.717, 1.165) is 11.3 Å². The lowest BCUT2D eigenvalue weighted by Crippen LogP contribution is -2.11. The predicted molar refractivity (Wildman–Crippen MR) is 93.4 cm³/mol. The van der Waals surface area contributed by atoms with Gasteiger partial charge >= 0.3 is 5.97 Å². The van der Waals surface area contributed by atoms with Crippen molar-refractivity contribution in [2.45, 2.75) is 32.8 Å². The molecule has 0 aliphatic heterocycles. The van der Waals surface area contributed by atoms with E-state index < -0.39 is 0 Å². The van der Waals surface area contributed by atoms with Gasteiger partial charge in [-0.25, -0.2) is 9.48 Å². The van der Waals surface area contributed by atoms with Crippen molar-refractivity contribution in [3.05, 3.63) is 71.5 Å². The van der Waals surface area contributed by atoms with E-state index in [2.05, 4.69) is 48.4 Å². The highest BCUT2D eigenvalue weighted by Crippen LogP contribution is 2.22. The first-order valence-corrected chi connectivity index (χ1v) is 8.03. The maximum Gasteiger partial charge on any atom is 0.338 e. The van der Waals surface area contributed by atoms with Crippen molar-refractivity contribution in [3.63, 3.8) is 0 Å². The first-order valence-electron chi connectivity index (χ1n) is 8.03. The molecular formula is C19H20N4O2. The van der Waals surface area contributed by atoms with Crippen molar-refractivity contribution in [1.29, 1.82) is 0 Å². The quantitative estimate of drug-likeness (QED) is 0.684. The largest absolute Gasteiger partial charge is 0.457 e. The second kappa shape index (κ2) is 6.84. The Morgan fingerprint density at radius 3 is 2.28 bits per heavy atom. The molecule has 0 spiro atoms. The molecule has 0 saturated heterocycles. The fourth-order valence-electron chi connectivity index (χ4n) is 2.36. The van der Waals surface area contributed by atoms with Crippen LogP contribution in [0.4, 0.5) is 0 Å². The van der Waals surface area contributed by atoms with E-state index in [1.54, 1.807) is 24.3 Å². The molecule has 0 bridgehead atoms. The topological polar surface area (TPSA) is 69.9 Å². The molecule has 0 radical (unpaired) electrons. The number of hydrogen-bond donors (Lipinski definition) is 0. The van der Waals surface area contributed by atoms with Crippen molar-refractivity contribution in [3.8, 4) is 5.69 Å². The standard InChI is InChI=1S/C19H20N4O2/c1-19(2,3)16-8-4-14(5-9-16)12-25-18(24)15-6-10-17(11-7-15)23-13-20-21-22-23/h4-11,13H,12H2,1-3H3. The summed E-state index contributed by atoms with van der Waals surface area (Å²) in [4.78, 5) is 12.2. The number of tetrazole rings is 1. The van der Waals surface area contributed by atoms with Gasteiger partial charge < -0.3 is 4.74 Å². The highest BCUT2D eigenvalue weighted by molar-refractivity contribution is 5.89. The van der Waals surface area contributed by atoms with E-state index in [0.29, 0.717) is 5.56 Å². The minimum absolute atomic E-state index is 0.108. The van der Waals surface area contributed by atoms with Crippen LogP contribution >= 0.6 is 0 Å². The molecule has 0 aliphatic rings. The van der Waals surface area contributed by atoms with Crippen LogP contribution in [0.1, 0.15) is 42.3 Å². The fourth-order valence-corrected chi connectivity index (χ4v) is 2.36. The lowest BCUT2D eigenvalue weighted by molar-refractivity contribution is 0.0472. The fraction of sp³-hybridized carbons (Fsp3) is 0.263. The first kappa shape index (κ1) is 16.8. The summed E-state index contributed by atoms with van der Waals surface area (Å²) in [5.41, 5.74) is 3.59. The maximum atomic E-state index is 12.2. The van der Waals surface area contributed by atoms with Gasteiger partial charge in [0, 0.05) is 0 Å². The minimum Gasteiger partial charge on any atom is -0.457 e. The number of ether oxygens (including phenoxy) is 1. The van der Waals surface area contributed by atoms with E-state index in [4.69, 9.17) is 4.74 Å². The zero-order chi connectivity index (χ0) is 17.9. The van der Waals surface area contributed by atoms with Crippen LogP contribution in [0.15, 0.2) is 54.9 Å². The molecule has 6 heteroatoms. The predicted octanol–water partition coefficient (Wildman–Crippen LogP) is 3.32. The molecule has 25 heavy (non-hydrogen) atoms. The molecule has 0 atom stereocenters. The summed E-state index contributed by atoms with van der Waals surface area (Å²) in [6, 6.07) is 15.1. The van der Waals surface area contributed by atoms with Crippen molar-refractivity contribution in [2.24, 2.45) is 0 Å². The lowest BCUT2D eigenvalue weighted by Gasteiger charge is -2.19. The monoisotopic (exact) mass is 336 g/mol. The van der Waals surface area contributed by atoms with E-state index in [1.807, 2.05) is 12.1 Å². The SMILES string of the molecule is CC(C)(C)c1ccc(COC(=O)c2ccc(-n3cnnn3)cc2)cc1. The van der Waals surface area contributed by atoms with Gasteiger partial charge in [-0.2, -0.15) is 0 Å². The molecule has 0 saturated carbocycles. The zero-order valence-electron chi connectivity index (χ0n) is 14.5. The van der Waals surface area contributed by atoms with E-state index in [-0.39, 0.29) is 18.0 Å². The Morgan fingerprint density at radius 1 is 1.04 bits per heavy atom. The summed E-state index contributed by atoms with van der Waals surface area (Å²) in [7, 11) is 0. The van der Waals surface area contributed by atoms with E-state index in [1.165, 1.54) is 16.6 Å². The van der Waals surface area contributed by atoms with Crippen LogP contribution < -0.4 is 0 Å². The average molecular weight is 336 g/mol. The second-order valence-electron chi connectivity index (χ2n) is 6.82. The molecule has 0 fully saturated rings. The van der Waals surface area contributed by atoms with Gasteiger partial charge in [0.1, 0.15) is 12.9 Å². The molecule has 0 aliphatic carbocycles. The summed E-state index contributed by atoms with van der Waals surface area (Å²) in [5, 5.41) is 11.0. The van der Waals surface area contributed by atoms with Crippen LogP contribution in [0, 0.1) is 0 Å². The molecule has 1 heterocycles. The number of esters is 1. The molecule has 6 nitrogen and oxygen atoms in total. The highest BCUT2D eigenvalue weighted by Gasteiger charge is 2.13. The molecule has 0 amide bonds. The summed E-state index contributed by atoms with van der Waals surface area (Å²) >= 11 is 0. The van der Waals surface area contributed by atoms with Gasteiger partial charge in [-0.3, -0.25) is 0 Å². The smallest absolute Gasteiger partial charge is 0.338 e. The molecule has 0 N–H and O–H groups in total. The van der Waals surface area contributed by atoms with Gasteiger partial charge in [-0.15, -0.1) is 5.10 Å². The number of carbonyl (C=O) groups is 1. The Kier molecular flexibility index (Phi) is 4.61. The Bertz CT molecular complexity index is 833. The molecule has 128 valence electrons. The van der Waals surface area contributed by atoms with Gasteiger partial charge in [-0.1, -0.05) is 45.0 Å². The van der Waals surface area contributed by atoms with Gasteiger partial charge in [0.15, 0.2) is 0 Å². The first-order chi connectivity index (χ1) is 11.9.